The van der Waals surface area contributed by atoms with Gasteiger partial charge in [0.2, 0.25) is 11.8 Å². The van der Waals surface area contributed by atoms with Crippen LogP contribution in [0.3, 0.4) is 0 Å². The van der Waals surface area contributed by atoms with Crippen LogP contribution in [0.1, 0.15) is 74.4 Å². The first-order chi connectivity index (χ1) is 19.8. The molecule has 7 nitrogen and oxygen atoms in total. The zero-order valence-corrected chi connectivity index (χ0v) is 25.2. The van der Waals surface area contributed by atoms with E-state index in [0.717, 1.165) is 52.8 Å². The molecule has 0 spiro atoms. The van der Waals surface area contributed by atoms with Crippen molar-refractivity contribution in [2.75, 3.05) is 6.61 Å². The van der Waals surface area contributed by atoms with Gasteiger partial charge < -0.3 is 19.3 Å². The standard InChI is InChI=1S/C34H39FN2O5/c1-18-9-27(35)22(11-24(18)23-7-8-28(37-19(23)2)40-16-20-13-34(6,39)14-20)17-41-29-12-21-10-25-30(26(21)15-36-29)31(25)32(38)42-33(3,4)5/h7-9,11-12,15,20,25,30-31,39H,10,13-14,16-17H2,1-6H3/t20-,25-,30-,31+,34+/m1/s1. The molecular formula is C34H39FN2O5. The highest BCUT2D eigenvalue weighted by Crippen LogP contribution is 2.62. The molecule has 3 aliphatic carbocycles. The number of aromatic nitrogens is 2. The third kappa shape index (κ3) is 5.74. The fourth-order valence-electron chi connectivity index (χ4n) is 6.72. The Bertz CT molecular complexity index is 1540. The Kier molecular flexibility index (Phi) is 7.03. The molecule has 3 atom stereocenters. The summed E-state index contributed by atoms with van der Waals surface area (Å²) < 4.78 is 32.4. The lowest BCUT2D eigenvalue weighted by atomic mass is 9.73. The number of aliphatic hydroxyl groups is 1. The van der Waals surface area contributed by atoms with Crippen LogP contribution in [0.2, 0.25) is 0 Å². The molecule has 2 aromatic heterocycles. The van der Waals surface area contributed by atoms with Crippen LogP contribution in [0.25, 0.3) is 11.1 Å². The minimum atomic E-state index is -0.577. The topological polar surface area (TPSA) is 90.8 Å². The van der Waals surface area contributed by atoms with E-state index in [0.29, 0.717) is 29.8 Å². The van der Waals surface area contributed by atoms with E-state index in [1.165, 1.54) is 6.07 Å². The molecule has 2 heterocycles. The maximum Gasteiger partial charge on any atom is 0.310 e. The van der Waals surface area contributed by atoms with Crippen LogP contribution in [0, 0.1) is 37.4 Å². The van der Waals surface area contributed by atoms with Gasteiger partial charge >= 0.3 is 5.97 Å². The molecule has 42 heavy (non-hydrogen) atoms. The van der Waals surface area contributed by atoms with Gasteiger partial charge in [0, 0.05) is 41.1 Å². The summed E-state index contributed by atoms with van der Waals surface area (Å²) in [5.41, 5.74) is 4.96. The Balaban J connectivity index is 1.11. The van der Waals surface area contributed by atoms with Crippen molar-refractivity contribution in [2.45, 2.75) is 84.5 Å². The van der Waals surface area contributed by atoms with Gasteiger partial charge in [0.1, 0.15) is 18.0 Å². The maximum atomic E-state index is 15.0. The molecule has 3 aromatic rings. The number of nitrogens with zero attached hydrogens (tertiary/aromatic N) is 2. The molecule has 1 aromatic carbocycles. The van der Waals surface area contributed by atoms with Crippen molar-refractivity contribution in [1.82, 2.24) is 9.97 Å². The minimum Gasteiger partial charge on any atom is -0.477 e. The average molecular weight is 575 g/mol. The lowest BCUT2D eigenvalue weighted by Gasteiger charge is -2.40. The Morgan fingerprint density at radius 2 is 1.86 bits per heavy atom. The van der Waals surface area contributed by atoms with Gasteiger partial charge in [-0.1, -0.05) is 0 Å². The van der Waals surface area contributed by atoms with E-state index >= 15 is 0 Å². The van der Waals surface area contributed by atoms with Gasteiger partial charge in [0.25, 0.3) is 0 Å². The number of fused-ring (bicyclic) bond motifs is 3. The predicted molar refractivity (Wildman–Crippen MR) is 156 cm³/mol. The van der Waals surface area contributed by atoms with Crippen LogP contribution in [0.5, 0.6) is 11.8 Å². The molecule has 1 N–H and O–H groups in total. The first-order valence-electron chi connectivity index (χ1n) is 14.7. The van der Waals surface area contributed by atoms with Gasteiger partial charge in [-0.2, -0.15) is 0 Å². The second kappa shape index (κ2) is 10.3. The van der Waals surface area contributed by atoms with E-state index in [1.54, 1.807) is 6.20 Å². The first-order valence-corrected chi connectivity index (χ1v) is 14.7. The van der Waals surface area contributed by atoms with Gasteiger partial charge in [0.05, 0.1) is 18.1 Å². The number of hydrogen-bond acceptors (Lipinski definition) is 7. The maximum absolute atomic E-state index is 15.0. The molecule has 0 radical (unpaired) electrons. The molecule has 0 aliphatic heterocycles. The monoisotopic (exact) mass is 574 g/mol. The van der Waals surface area contributed by atoms with E-state index in [4.69, 9.17) is 14.2 Å². The van der Waals surface area contributed by atoms with Crippen LogP contribution in [0.4, 0.5) is 4.39 Å². The number of halogens is 1. The number of rotatable bonds is 8. The van der Waals surface area contributed by atoms with Gasteiger partial charge in [-0.25, -0.2) is 14.4 Å². The lowest BCUT2D eigenvalue weighted by Crippen LogP contribution is -2.43. The fraction of sp³-hybridized carbons (Fsp3) is 0.500. The van der Waals surface area contributed by atoms with Crippen molar-refractivity contribution in [3.05, 3.63) is 70.3 Å². The number of benzene rings is 1. The molecule has 8 heteroatoms. The largest absolute Gasteiger partial charge is 0.477 e. The summed E-state index contributed by atoms with van der Waals surface area (Å²) in [6.07, 6.45) is 4.06. The summed E-state index contributed by atoms with van der Waals surface area (Å²) >= 11 is 0. The SMILES string of the molecule is Cc1cc(F)c(COc2cc3c(cn2)[C@H]2[C@@H](C3)[C@@H]2C(=O)OC(C)(C)C)cc1-c1ccc(OC[C@H]2C[C@@](C)(O)C2)nc1C. The Morgan fingerprint density at radius 3 is 2.55 bits per heavy atom. The van der Waals surface area contributed by atoms with Gasteiger partial charge in [0.15, 0.2) is 0 Å². The van der Waals surface area contributed by atoms with Crippen molar-refractivity contribution in [2.24, 2.45) is 17.8 Å². The highest BCUT2D eigenvalue weighted by Gasteiger charge is 2.61. The quantitative estimate of drug-likeness (QED) is 0.318. The predicted octanol–water partition coefficient (Wildman–Crippen LogP) is 6.25. The molecule has 3 aliphatic rings. The number of pyridine rings is 2. The number of aryl methyl sites for hydroxylation is 2. The van der Waals surface area contributed by atoms with Crippen molar-refractivity contribution < 1.29 is 28.5 Å². The number of carbonyl (C=O) groups excluding carboxylic acids is 1. The smallest absolute Gasteiger partial charge is 0.310 e. The summed E-state index contributed by atoms with van der Waals surface area (Å²) in [6, 6.07) is 9.06. The van der Waals surface area contributed by atoms with Crippen LogP contribution in [-0.4, -0.2) is 38.9 Å². The number of hydrogen-bond donors (Lipinski definition) is 1. The van der Waals surface area contributed by atoms with Crippen molar-refractivity contribution in [3.63, 3.8) is 0 Å². The first kappa shape index (κ1) is 28.6. The van der Waals surface area contributed by atoms with Crippen LogP contribution in [0.15, 0.2) is 36.5 Å². The fourth-order valence-corrected chi connectivity index (χ4v) is 6.72. The molecule has 6 rings (SSSR count). The molecule has 0 unspecified atom stereocenters. The van der Waals surface area contributed by atoms with E-state index in [1.807, 2.05) is 65.8 Å². The van der Waals surface area contributed by atoms with E-state index in [2.05, 4.69) is 9.97 Å². The Morgan fingerprint density at radius 1 is 1.10 bits per heavy atom. The van der Waals surface area contributed by atoms with Gasteiger partial charge in [-0.15, -0.1) is 0 Å². The lowest BCUT2D eigenvalue weighted by molar-refractivity contribution is -0.157. The third-order valence-corrected chi connectivity index (χ3v) is 8.70. The van der Waals surface area contributed by atoms with Crippen LogP contribution in [-0.2, 0) is 22.6 Å². The summed E-state index contributed by atoms with van der Waals surface area (Å²) in [5.74, 6) is 1.19. The molecule has 2 fully saturated rings. The highest BCUT2D eigenvalue weighted by atomic mass is 19.1. The van der Waals surface area contributed by atoms with Crippen molar-refractivity contribution in [3.8, 4) is 22.9 Å². The molecular weight excluding hydrogens is 535 g/mol. The summed E-state index contributed by atoms with van der Waals surface area (Å²) in [7, 11) is 0. The van der Waals surface area contributed by atoms with Crippen molar-refractivity contribution >= 4 is 5.97 Å². The third-order valence-electron chi connectivity index (χ3n) is 8.70. The number of ether oxygens (including phenoxy) is 3. The van der Waals surface area contributed by atoms with E-state index < -0.39 is 11.2 Å². The summed E-state index contributed by atoms with van der Waals surface area (Å²) in [4.78, 5) is 21.7. The summed E-state index contributed by atoms with van der Waals surface area (Å²) in [6.45, 7) is 11.9. The molecule has 222 valence electrons. The second-order valence-electron chi connectivity index (χ2n) is 13.6. The van der Waals surface area contributed by atoms with Gasteiger partial charge in [-0.05, 0) is 113 Å². The Labute approximate surface area is 246 Å². The minimum absolute atomic E-state index is 0.0388. The normalized spacial score (nSPS) is 25.7. The number of esters is 1. The average Bonchev–Trinajstić information content (AvgIpc) is 3.47. The van der Waals surface area contributed by atoms with Gasteiger partial charge in [-0.3, -0.25) is 4.79 Å². The summed E-state index contributed by atoms with van der Waals surface area (Å²) in [5, 5.41) is 9.94. The zero-order chi connectivity index (χ0) is 30.0. The number of carbonyl (C=O) groups is 1. The van der Waals surface area contributed by atoms with E-state index in [9.17, 15) is 14.3 Å². The molecule has 0 saturated heterocycles. The Hall–Kier alpha value is -3.52. The highest BCUT2D eigenvalue weighted by molar-refractivity contribution is 5.80. The zero-order valence-electron chi connectivity index (χ0n) is 25.2. The van der Waals surface area contributed by atoms with Crippen LogP contribution < -0.4 is 9.47 Å². The molecule has 0 bridgehead atoms. The van der Waals surface area contributed by atoms with Crippen LogP contribution >= 0.6 is 0 Å². The molecule has 0 amide bonds. The van der Waals surface area contributed by atoms with Crippen molar-refractivity contribution in [1.29, 1.82) is 0 Å². The second-order valence-corrected chi connectivity index (χ2v) is 13.6. The van der Waals surface area contributed by atoms with E-state index in [-0.39, 0.29) is 36.1 Å². The molecule has 2 saturated carbocycles.